The predicted molar refractivity (Wildman–Crippen MR) is 111 cm³/mol. The van der Waals surface area contributed by atoms with Gasteiger partial charge in [0, 0.05) is 45.3 Å². The van der Waals surface area contributed by atoms with Crippen LogP contribution >= 0.6 is 0 Å². The van der Waals surface area contributed by atoms with Crippen LogP contribution in [0.5, 0.6) is 0 Å². The number of nitrogens with zero attached hydrogens (tertiary/aromatic N) is 3. The fourth-order valence-corrected chi connectivity index (χ4v) is 5.53. The molecule has 0 aliphatic carbocycles. The molecule has 0 spiro atoms. The fraction of sp³-hybridized carbons (Fsp3) is 0.600. The molecule has 1 aromatic rings. The van der Waals surface area contributed by atoms with E-state index in [-0.39, 0.29) is 16.7 Å². The number of carbonyl (C=O) groups is 2. The van der Waals surface area contributed by atoms with E-state index in [1.807, 2.05) is 11.8 Å². The summed E-state index contributed by atoms with van der Waals surface area (Å²) in [6.45, 7) is 6.98. The predicted octanol–water partition coefficient (Wildman–Crippen LogP) is 0.818. The Balaban J connectivity index is 1.74. The minimum atomic E-state index is -3.62. The minimum absolute atomic E-state index is 0.0266. The van der Waals surface area contributed by atoms with Crippen LogP contribution in [0.25, 0.3) is 0 Å². The Morgan fingerprint density at radius 2 is 1.86 bits per heavy atom. The summed E-state index contributed by atoms with van der Waals surface area (Å²) in [5.74, 6) is -0.0604. The van der Waals surface area contributed by atoms with Crippen molar-refractivity contribution in [3.05, 3.63) is 23.8 Å². The number of carbonyl (C=O) groups excluding carboxylic acids is 2. The lowest BCUT2D eigenvalue weighted by Gasteiger charge is -2.29. The molecule has 1 fully saturated rings. The number of aryl methyl sites for hydroxylation is 1. The van der Waals surface area contributed by atoms with Gasteiger partial charge in [-0.3, -0.25) is 14.5 Å². The van der Waals surface area contributed by atoms with Gasteiger partial charge < -0.3 is 10.2 Å². The Kier molecular flexibility index (Phi) is 6.92. The first-order chi connectivity index (χ1) is 13.8. The van der Waals surface area contributed by atoms with E-state index >= 15 is 0 Å². The standard InChI is InChI=1S/C20H30N4O4S/c1-3-21-20(26)15-22-9-5-10-23(13-12-22)29(27,28)18-7-8-19-17(14-18)6-4-11-24(19)16(2)25/h7-8,14H,3-6,9-13,15H2,1-2H3,(H,21,26). The second-order valence-corrected chi connectivity index (χ2v) is 9.49. The van der Waals surface area contributed by atoms with Crippen LogP contribution in [0.4, 0.5) is 5.69 Å². The molecule has 2 aliphatic heterocycles. The molecule has 0 atom stereocenters. The van der Waals surface area contributed by atoms with Crippen molar-refractivity contribution in [3.8, 4) is 0 Å². The molecule has 29 heavy (non-hydrogen) atoms. The average Bonchev–Trinajstić information content (AvgIpc) is 2.93. The summed E-state index contributed by atoms with van der Waals surface area (Å²) in [5, 5.41) is 2.78. The van der Waals surface area contributed by atoms with Gasteiger partial charge in [-0.2, -0.15) is 4.31 Å². The zero-order chi connectivity index (χ0) is 21.0. The maximum absolute atomic E-state index is 13.2. The Bertz CT molecular complexity index is 871. The number of rotatable bonds is 5. The van der Waals surface area contributed by atoms with Crippen LogP contribution in [0, 0.1) is 0 Å². The number of benzene rings is 1. The van der Waals surface area contributed by atoms with E-state index in [9.17, 15) is 18.0 Å². The third-order valence-corrected chi connectivity index (χ3v) is 7.37. The Labute approximate surface area is 172 Å². The van der Waals surface area contributed by atoms with E-state index < -0.39 is 10.0 Å². The minimum Gasteiger partial charge on any atom is -0.355 e. The molecular formula is C20H30N4O4S. The van der Waals surface area contributed by atoms with Crippen molar-refractivity contribution in [2.75, 3.05) is 50.7 Å². The maximum atomic E-state index is 13.2. The number of fused-ring (bicyclic) bond motifs is 1. The molecule has 9 heteroatoms. The molecule has 0 unspecified atom stereocenters. The second kappa shape index (κ2) is 9.23. The molecule has 0 bridgehead atoms. The van der Waals surface area contributed by atoms with Gasteiger partial charge >= 0.3 is 0 Å². The number of hydrogen-bond acceptors (Lipinski definition) is 5. The highest BCUT2D eigenvalue weighted by molar-refractivity contribution is 7.89. The van der Waals surface area contributed by atoms with E-state index in [0.717, 1.165) is 24.1 Å². The molecule has 2 heterocycles. The molecule has 160 valence electrons. The number of hydrogen-bond donors (Lipinski definition) is 1. The van der Waals surface area contributed by atoms with Gasteiger partial charge in [0.25, 0.3) is 0 Å². The molecule has 0 saturated carbocycles. The van der Waals surface area contributed by atoms with Gasteiger partial charge in [-0.05, 0) is 56.5 Å². The zero-order valence-electron chi connectivity index (χ0n) is 17.2. The third kappa shape index (κ3) is 4.96. The first-order valence-electron chi connectivity index (χ1n) is 10.2. The Morgan fingerprint density at radius 3 is 2.59 bits per heavy atom. The van der Waals surface area contributed by atoms with Gasteiger partial charge in [-0.25, -0.2) is 8.42 Å². The van der Waals surface area contributed by atoms with Crippen molar-refractivity contribution in [2.24, 2.45) is 0 Å². The highest BCUT2D eigenvalue weighted by Gasteiger charge is 2.29. The molecule has 2 aliphatic rings. The fourth-order valence-electron chi connectivity index (χ4n) is 4.01. The number of sulfonamides is 1. The molecular weight excluding hydrogens is 392 g/mol. The SMILES string of the molecule is CCNC(=O)CN1CCCN(S(=O)(=O)c2ccc3c(c2)CCCN3C(C)=O)CC1. The van der Waals surface area contributed by atoms with Crippen LogP contribution < -0.4 is 10.2 Å². The van der Waals surface area contributed by atoms with Gasteiger partial charge in [0.05, 0.1) is 11.4 Å². The first-order valence-corrected chi connectivity index (χ1v) is 11.7. The second-order valence-electron chi connectivity index (χ2n) is 7.55. The lowest BCUT2D eigenvalue weighted by atomic mass is 10.0. The summed E-state index contributed by atoms with van der Waals surface area (Å²) in [6, 6.07) is 5.08. The summed E-state index contributed by atoms with van der Waals surface area (Å²) < 4.78 is 28.0. The Morgan fingerprint density at radius 1 is 1.07 bits per heavy atom. The monoisotopic (exact) mass is 422 g/mol. The average molecular weight is 423 g/mol. The van der Waals surface area contributed by atoms with Crippen molar-refractivity contribution < 1.29 is 18.0 Å². The van der Waals surface area contributed by atoms with Crippen molar-refractivity contribution >= 4 is 27.5 Å². The molecule has 1 N–H and O–H groups in total. The number of nitrogens with one attached hydrogen (secondary N) is 1. The van der Waals surface area contributed by atoms with E-state index in [4.69, 9.17) is 0 Å². The number of anilines is 1. The first kappa shape index (κ1) is 21.7. The molecule has 8 nitrogen and oxygen atoms in total. The van der Waals surface area contributed by atoms with Gasteiger partial charge in [-0.15, -0.1) is 0 Å². The normalized spacial score (nSPS) is 18.8. The highest BCUT2D eigenvalue weighted by atomic mass is 32.2. The molecule has 0 radical (unpaired) electrons. The van der Waals surface area contributed by atoms with Crippen LogP contribution in [-0.2, 0) is 26.0 Å². The van der Waals surface area contributed by atoms with Gasteiger partial charge in [0.1, 0.15) is 0 Å². The van der Waals surface area contributed by atoms with Crippen LogP contribution in [0.2, 0.25) is 0 Å². The summed E-state index contributed by atoms with van der Waals surface area (Å²) >= 11 is 0. The molecule has 1 saturated heterocycles. The van der Waals surface area contributed by atoms with Crippen molar-refractivity contribution in [2.45, 2.75) is 38.0 Å². The van der Waals surface area contributed by atoms with Crippen molar-refractivity contribution in [3.63, 3.8) is 0 Å². The van der Waals surface area contributed by atoms with Crippen molar-refractivity contribution in [1.82, 2.24) is 14.5 Å². The van der Waals surface area contributed by atoms with E-state index in [2.05, 4.69) is 5.32 Å². The van der Waals surface area contributed by atoms with Gasteiger partial charge in [-0.1, -0.05) is 0 Å². The molecule has 1 aromatic carbocycles. The quantitative estimate of drug-likeness (QED) is 0.759. The topological polar surface area (TPSA) is 90.0 Å². The summed E-state index contributed by atoms with van der Waals surface area (Å²) in [6.07, 6.45) is 2.28. The van der Waals surface area contributed by atoms with Gasteiger partial charge in [0.15, 0.2) is 0 Å². The summed E-state index contributed by atoms with van der Waals surface area (Å²) in [4.78, 5) is 27.6. The maximum Gasteiger partial charge on any atom is 0.243 e. The van der Waals surface area contributed by atoms with Crippen LogP contribution in [-0.4, -0.2) is 75.3 Å². The lowest BCUT2D eigenvalue weighted by Crippen LogP contribution is -2.40. The largest absolute Gasteiger partial charge is 0.355 e. The van der Waals surface area contributed by atoms with Crippen molar-refractivity contribution in [1.29, 1.82) is 0 Å². The highest BCUT2D eigenvalue weighted by Crippen LogP contribution is 2.30. The molecule has 0 aromatic heterocycles. The van der Waals surface area contributed by atoms with Crippen LogP contribution in [0.15, 0.2) is 23.1 Å². The molecule has 3 rings (SSSR count). The molecule has 2 amide bonds. The summed E-state index contributed by atoms with van der Waals surface area (Å²) in [7, 11) is -3.62. The van der Waals surface area contributed by atoms with Gasteiger partial charge in [0.2, 0.25) is 21.8 Å². The lowest BCUT2D eigenvalue weighted by molar-refractivity contribution is -0.122. The Hall–Kier alpha value is -1.97. The number of likely N-dealkylation sites (N-methyl/N-ethyl adjacent to an activating group) is 1. The van der Waals surface area contributed by atoms with Crippen LogP contribution in [0.3, 0.4) is 0 Å². The van der Waals surface area contributed by atoms with Crippen LogP contribution in [0.1, 0.15) is 32.3 Å². The van der Waals surface area contributed by atoms with E-state index in [0.29, 0.717) is 52.2 Å². The van der Waals surface area contributed by atoms with E-state index in [1.54, 1.807) is 23.1 Å². The third-order valence-electron chi connectivity index (χ3n) is 5.48. The zero-order valence-corrected chi connectivity index (χ0v) is 18.0. The van der Waals surface area contributed by atoms with E-state index in [1.165, 1.54) is 11.2 Å². The summed E-state index contributed by atoms with van der Waals surface area (Å²) in [5.41, 5.74) is 1.71. The number of amides is 2. The smallest absolute Gasteiger partial charge is 0.243 e.